The lowest BCUT2D eigenvalue weighted by Gasteiger charge is -2.36. The van der Waals surface area contributed by atoms with Crippen LogP contribution < -0.4 is 0 Å². The Morgan fingerprint density at radius 2 is 1.74 bits per heavy atom. The van der Waals surface area contributed by atoms with E-state index in [2.05, 4.69) is 4.57 Å². The molecule has 0 unspecified atom stereocenters. The summed E-state index contributed by atoms with van der Waals surface area (Å²) in [5, 5.41) is 0. The molecule has 1 aliphatic rings. The zero-order chi connectivity index (χ0) is 22.2. The van der Waals surface area contributed by atoms with E-state index in [1.807, 2.05) is 37.1 Å². The third-order valence-corrected chi connectivity index (χ3v) is 6.22. The second-order valence-electron chi connectivity index (χ2n) is 8.33. The van der Waals surface area contributed by atoms with Crippen LogP contribution in [0, 0.1) is 5.82 Å². The van der Waals surface area contributed by atoms with Crippen molar-refractivity contribution in [3.05, 3.63) is 59.7 Å². The summed E-state index contributed by atoms with van der Waals surface area (Å²) in [5.41, 5.74) is 2.06. The van der Waals surface area contributed by atoms with Gasteiger partial charge in [-0.15, -0.1) is 0 Å². The number of aromatic nitrogens is 1. The number of carbonyl (C=O) groups is 2. The van der Waals surface area contributed by atoms with Crippen LogP contribution in [-0.2, 0) is 22.7 Å². The highest BCUT2D eigenvalue weighted by atomic mass is 19.1. The van der Waals surface area contributed by atoms with E-state index >= 15 is 0 Å². The van der Waals surface area contributed by atoms with E-state index < -0.39 is 0 Å². The number of nitrogens with zero attached hydrogens (tertiary/aromatic N) is 3. The average molecular weight is 428 g/mol. The summed E-state index contributed by atoms with van der Waals surface area (Å²) >= 11 is 0. The van der Waals surface area contributed by atoms with Gasteiger partial charge < -0.3 is 14.4 Å². The molecule has 0 spiro atoms. The second-order valence-corrected chi connectivity index (χ2v) is 8.33. The summed E-state index contributed by atoms with van der Waals surface area (Å²) in [4.78, 5) is 29.2. The van der Waals surface area contributed by atoms with Crippen molar-refractivity contribution in [3.63, 3.8) is 0 Å². The molecular weight excluding hydrogens is 393 g/mol. The fourth-order valence-electron chi connectivity index (χ4n) is 4.38. The Hall–Kier alpha value is -2.63. The van der Waals surface area contributed by atoms with Crippen molar-refractivity contribution in [2.75, 3.05) is 13.1 Å². The zero-order valence-corrected chi connectivity index (χ0v) is 18.7. The molecule has 0 bridgehead atoms. The number of hydrogen-bond donors (Lipinski definition) is 0. The fourth-order valence-corrected chi connectivity index (χ4v) is 4.38. The molecule has 168 valence electrons. The maximum Gasteiger partial charge on any atom is 0.242 e. The Balaban J connectivity index is 1.77. The lowest BCUT2D eigenvalue weighted by Crippen LogP contribution is -2.47. The minimum Gasteiger partial charge on any atom is -0.345 e. The first-order chi connectivity index (χ1) is 15.0. The van der Waals surface area contributed by atoms with Crippen molar-refractivity contribution in [1.82, 2.24) is 14.4 Å². The standard InChI is InChI=1S/C25H34FN3O2/c1-3-24(30)27(4-2)19-25(31)29(22-9-6-5-7-10-22)18-23-11-8-16-28(23)17-20-12-14-21(26)15-13-20/h8,11-16,22H,3-7,9-10,17-19H2,1-2H3. The molecule has 0 radical (unpaired) electrons. The van der Waals surface area contributed by atoms with Crippen molar-refractivity contribution in [1.29, 1.82) is 0 Å². The molecule has 1 heterocycles. The van der Waals surface area contributed by atoms with Gasteiger partial charge in [0.2, 0.25) is 11.8 Å². The molecule has 1 saturated carbocycles. The Bertz CT molecular complexity index is 856. The van der Waals surface area contributed by atoms with Crippen LogP contribution in [0.15, 0.2) is 42.6 Å². The van der Waals surface area contributed by atoms with Gasteiger partial charge in [0, 0.05) is 37.4 Å². The Morgan fingerprint density at radius 3 is 2.39 bits per heavy atom. The highest BCUT2D eigenvalue weighted by Crippen LogP contribution is 2.25. The monoisotopic (exact) mass is 427 g/mol. The molecule has 0 aliphatic heterocycles. The minimum absolute atomic E-state index is 0.0131. The van der Waals surface area contributed by atoms with E-state index in [-0.39, 0.29) is 30.2 Å². The molecule has 1 fully saturated rings. The third-order valence-electron chi connectivity index (χ3n) is 6.22. The van der Waals surface area contributed by atoms with Crippen molar-refractivity contribution >= 4 is 11.8 Å². The first-order valence-electron chi connectivity index (χ1n) is 11.5. The Labute approximate surface area is 184 Å². The maximum absolute atomic E-state index is 13.3. The maximum atomic E-state index is 13.3. The number of likely N-dealkylation sites (N-methyl/N-ethyl adjacent to an activating group) is 1. The van der Waals surface area contributed by atoms with Crippen LogP contribution in [0.1, 0.15) is 63.6 Å². The molecule has 0 atom stereocenters. The molecule has 2 aromatic rings. The summed E-state index contributed by atoms with van der Waals surface area (Å²) < 4.78 is 15.4. The molecule has 1 aliphatic carbocycles. The first kappa shape index (κ1) is 23.0. The van der Waals surface area contributed by atoms with Crippen LogP contribution in [0.2, 0.25) is 0 Å². The Kier molecular flexibility index (Phi) is 8.27. The highest BCUT2D eigenvalue weighted by molar-refractivity contribution is 5.84. The van der Waals surface area contributed by atoms with Gasteiger partial charge >= 0.3 is 0 Å². The summed E-state index contributed by atoms with van der Waals surface area (Å²) in [5.74, 6) is -0.211. The number of amides is 2. The van der Waals surface area contributed by atoms with Gasteiger partial charge in [-0.3, -0.25) is 9.59 Å². The van der Waals surface area contributed by atoms with Gasteiger partial charge in [-0.25, -0.2) is 4.39 Å². The number of rotatable bonds is 9. The molecule has 1 aromatic carbocycles. The second kappa shape index (κ2) is 11.1. The lowest BCUT2D eigenvalue weighted by molar-refractivity contribution is -0.142. The quantitative estimate of drug-likeness (QED) is 0.587. The van der Waals surface area contributed by atoms with Crippen LogP contribution in [-0.4, -0.2) is 45.3 Å². The topological polar surface area (TPSA) is 45.6 Å². The van der Waals surface area contributed by atoms with Gasteiger partial charge in [0.1, 0.15) is 5.82 Å². The summed E-state index contributed by atoms with van der Waals surface area (Å²) in [6.45, 7) is 5.58. The van der Waals surface area contributed by atoms with Crippen molar-refractivity contribution in [3.8, 4) is 0 Å². The highest BCUT2D eigenvalue weighted by Gasteiger charge is 2.28. The largest absolute Gasteiger partial charge is 0.345 e. The third kappa shape index (κ3) is 6.18. The van der Waals surface area contributed by atoms with E-state index in [4.69, 9.17) is 0 Å². The number of hydrogen-bond acceptors (Lipinski definition) is 2. The van der Waals surface area contributed by atoms with E-state index in [1.165, 1.54) is 18.6 Å². The van der Waals surface area contributed by atoms with Crippen LogP contribution in [0.3, 0.4) is 0 Å². The molecule has 31 heavy (non-hydrogen) atoms. The van der Waals surface area contributed by atoms with Gasteiger partial charge in [-0.1, -0.05) is 38.3 Å². The van der Waals surface area contributed by atoms with Gasteiger partial charge in [0.05, 0.1) is 13.1 Å². The Morgan fingerprint density at radius 1 is 1.03 bits per heavy atom. The summed E-state index contributed by atoms with van der Waals surface area (Å²) in [6.07, 6.45) is 7.92. The molecule has 6 heteroatoms. The van der Waals surface area contributed by atoms with E-state index in [0.717, 1.165) is 36.9 Å². The van der Waals surface area contributed by atoms with Crippen LogP contribution in [0.4, 0.5) is 4.39 Å². The van der Waals surface area contributed by atoms with Gasteiger partial charge in [0.15, 0.2) is 0 Å². The predicted molar refractivity (Wildman–Crippen MR) is 120 cm³/mol. The molecule has 3 rings (SSSR count). The molecule has 5 nitrogen and oxygen atoms in total. The molecule has 0 saturated heterocycles. The van der Waals surface area contributed by atoms with Gasteiger partial charge in [-0.2, -0.15) is 0 Å². The van der Waals surface area contributed by atoms with E-state index in [1.54, 1.807) is 17.0 Å². The normalized spacial score (nSPS) is 14.4. The summed E-state index contributed by atoms with van der Waals surface area (Å²) in [7, 11) is 0. The smallest absolute Gasteiger partial charge is 0.242 e. The predicted octanol–water partition coefficient (Wildman–Crippen LogP) is 4.60. The number of halogens is 1. The molecule has 2 amide bonds. The average Bonchev–Trinajstić information content (AvgIpc) is 3.23. The van der Waals surface area contributed by atoms with E-state index in [0.29, 0.717) is 26.1 Å². The fraction of sp³-hybridized carbons (Fsp3) is 0.520. The van der Waals surface area contributed by atoms with E-state index in [9.17, 15) is 14.0 Å². The van der Waals surface area contributed by atoms with Crippen LogP contribution in [0.5, 0.6) is 0 Å². The lowest BCUT2D eigenvalue weighted by atomic mass is 9.94. The van der Waals surface area contributed by atoms with Crippen molar-refractivity contribution < 1.29 is 14.0 Å². The number of benzene rings is 1. The minimum atomic E-state index is -0.243. The SMILES string of the molecule is CCC(=O)N(CC)CC(=O)N(Cc1cccn1Cc1ccc(F)cc1)C1CCCCC1. The van der Waals surface area contributed by atoms with Crippen molar-refractivity contribution in [2.24, 2.45) is 0 Å². The number of carbonyl (C=O) groups excluding carboxylic acids is 2. The molecular formula is C25H34FN3O2. The van der Waals surface area contributed by atoms with Crippen LogP contribution in [0.25, 0.3) is 0 Å². The van der Waals surface area contributed by atoms with Gasteiger partial charge in [-0.05, 0) is 49.6 Å². The molecule has 1 aromatic heterocycles. The van der Waals surface area contributed by atoms with Crippen LogP contribution >= 0.6 is 0 Å². The molecule has 0 N–H and O–H groups in total. The zero-order valence-electron chi connectivity index (χ0n) is 18.7. The first-order valence-corrected chi connectivity index (χ1v) is 11.5. The summed E-state index contributed by atoms with van der Waals surface area (Å²) in [6, 6.07) is 10.8. The van der Waals surface area contributed by atoms with Gasteiger partial charge in [0.25, 0.3) is 0 Å². The van der Waals surface area contributed by atoms with Crippen molar-refractivity contribution in [2.45, 2.75) is 71.5 Å².